The zero-order valence-electron chi connectivity index (χ0n) is 15.9. The Labute approximate surface area is 177 Å². The molecule has 0 unspecified atom stereocenters. The van der Waals surface area contributed by atoms with Gasteiger partial charge in [-0.25, -0.2) is 4.98 Å². The Hall–Kier alpha value is -2.84. The van der Waals surface area contributed by atoms with Gasteiger partial charge in [-0.05, 0) is 17.7 Å². The highest BCUT2D eigenvalue weighted by molar-refractivity contribution is 8.01. The van der Waals surface area contributed by atoms with Gasteiger partial charge >= 0.3 is 0 Å². The average Bonchev–Trinajstić information content (AvgIpc) is 3.19. The quantitative estimate of drug-likeness (QED) is 0.509. The lowest BCUT2D eigenvalue weighted by molar-refractivity contribution is -0.120. The maximum Gasteiger partial charge on any atom is 0.234 e. The highest BCUT2D eigenvalue weighted by Crippen LogP contribution is 2.23. The summed E-state index contributed by atoms with van der Waals surface area (Å²) in [7, 11) is 1.58. The first-order valence-corrected chi connectivity index (χ1v) is 10.8. The van der Waals surface area contributed by atoms with Crippen LogP contribution in [0.5, 0.6) is 5.75 Å². The maximum absolute atomic E-state index is 12.1. The van der Waals surface area contributed by atoms with E-state index in [2.05, 4.69) is 15.6 Å². The van der Waals surface area contributed by atoms with Crippen LogP contribution in [0.3, 0.4) is 0 Å². The molecule has 0 saturated carbocycles. The number of methoxy groups -OCH3 is 1. The van der Waals surface area contributed by atoms with Crippen LogP contribution in [0.25, 0.3) is 0 Å². The number of carbonyl (C=O) groups excluding carboxylic acids is 2. The second kappa shape index (κ2) is 10.6. The van der Waals surface area contributed by atoms with Crippen molar-refractivity contribution in [2.45, 2.75) is 17.3 Å². The summed E-state index contributed by atoms with van der Waals surface area (Å²) < 4.78 is 5.91. The Morgan fingerprint density at radius 1 is 1.10 bits per heavy atom. The minimum atomic E-state index is -0.124. The van der Waals surface area contributed by atoms with E-state index in [1.165, 1.54) is 23.1 Å². The molecule has 0 saturated heterocycles. The van der Waals surface area contributed by atoms with E-state index in [-0.39, 0.29) is 24.0 Å². The summed E-state index contributed by atoms with van der Waals surface area (Å²) >= 11 is 2.78. The third-order valence-corrected chi connectivity index (χ3v) is 5.95. The van der Waals surface area contributed by atoms with Gasteiger partial charge in [0, 0.05) is 23.7 Å². The highest BCUT2D eigenvalue weighted by atomic mass is 32.2. The molecule has 0 aliphatic heterocycles. The minimum absolute atomic E-state index is 0.0773. The minimum Gasteiger partial charge on any atom is -0.497 e. The Balaban J connectivity index is 1.42. The molecule has 8 heteroatoms. The van der Waals surface area contributed by atoms with Gasteiger partial charge in [-0.3, -0.25) is 9.59 Å². The number of carbonyl (C=O) groups is 2. The maximum atomic E-state index is 12.1. The summed E-state index contributed by atoms with van der Waals surface area (Å²) in [5, 5.41) is 7.57. The van der Waals surface area contributed by atoms with Crippen LogP contribution in [0.15, 0.2) is 64.3 Å². The van der Waals surface area contributed by atoms with Crippen LogP contribution in [0.2, 0.25) is 0 Å². The molecular weight excluding hydrogens is 406 g/mol. The van der Waals surface area contributed by atoms with Crippen molar-refractivity contribution in [3.63, 3.8) is 0 Å². The van der Waals surface area contributed by atoms with Crippen molar-refractivity contribution in [3.8, 4) is 5.75 Å². The molecule has 2 aromatic carbocycles. The molecule has 0 spiro atoms. The number of aromatic nitrogens is 1. The lowest BCUT2D eigenvalue weighted by Crippen LogP contribution is -2.24. The first kappa shape index (κ1) is 20.9. The first-order chi connectivity index (χ1) is 14.1. The van der Waals surface area contributed by atoms with Crippen molar-refractivity contribution in [3.05, 3.63) is 71.2 Å². The second-order valence-corrected chi connectivity index (χ2v) is 8.19. The molecule has 1 heterocycles. The molecule has 150 valence electrons. The number of anilines is 1. The van der Waals surface area contributed by atoms with E-state index in [1.54, 1.807) is 19.2 Å². The molecular formula is C21H21N3O3S2. The molecule has 0 bridgehead atoms. The molecule has 2 N–H and O–H groups in total. The Kier molecular flexibility index (Phi) is 7.66. The third-order valence-electron chi connectivity index (χ3n) is 3.89. The van der Waals surface area contributed by atoms with Gasteiger partial charge in [0.1, 0.15) is 5.75 Å². The number of nitrogens with zero attached hydrogens (tertiary/aromatic N) is 1. The van der Waals surface area contributed by atoms with E-state index >= 15 is 0 Å². The van der Waals surface area contributed by atoms with Gasteiger partial charge in [-0.1, -0.05) is 48.2 Å². The van der Waals surface area contributed by atoms with Gasteiger partial charge in [0.25, 0.3) is 0 Å². The number of hydrogen-bond acceptors (Lipinski definition) is 6. The average molecular weight is 428 g/mol. The van der Waals surface area contributed by atoms with Crippen LogP contribution in [0.4, 0.5) is 5.69 Å². The molecule has 3 aromatic rings. The van der Waals surface area contributed by atoms with Crippen molar-refractivity contribution in [2.24, 2.45) is 0 Å². The number of thioether (sulfide) groups is 1. The van der Waals surface area contributed by atoms with Gasteiger partial charge in [-0.15, -0.1) is 11.3 Å². The van der Waals surface area contributed by atoms with E-state index < -0.39 is 0 Å². The third kappa shape index (κ3) is 6.92. The fraction of sp³-hybridized carbons (Fsp3) is 0.190. The molecule has 1 aromatic heterocycles. The fourth-order valence-corrected chi connectivity index (χ4v) is 4.13. The van der Waals surface area contributed by atoms with E-state index in [4.69, 9.17) is 4.74 Å². The number of hydrogen-bond donors (Lipinski definition) is 2. The van der Waals surface area contributed by atoms with Crippen LogP contribution in [0.1, 0.15) is 11.3 Å². The van der Waals surface area contributed by atoms with E-state index in [0.717, 1.165) is 9.90 Å². The summed E-state index contributed by atoms with van der Waals surface area (Å²) in [6.07, 6.45) is 0.222. The van der Waals surface area contributed by atoms with Gasteiger partial charge in [0.05, 0.1) is 25.0 Å². The monoisotopic (exact) mass is 427 g/mol. The largest absolute Gasteiger partial charge is 0.497 e. The SMILES string of the molecule is COc1cccc(NC(=O)CSc2nc(CC(=O)NCc3ccccc3)cs2)c1. The zero-order chi connectivity index (χ0) is 20.5. The van der Waals surface area contributed by atoms with Gasteiger partial charge in [0.15, 0.2) is 4.34 Å². The standard InChI is InChI=1S/C21H21N3O3S2/c1-27-18-9-5-8-16(10-18)23-20(26)14-29-21-24-17(13-28-21)11-19(25)22-12-15-6-3-2-4-7-15/h2-10,13H,11-12,14H2,1H3,(H,22,25)(H,23,26). The number of rotatable bonds is 9. The Morgan fingerprint density at radius 2 is 1.93 bits per heavy atom. The van der Waals surface area contributed by atoms with Crippen LogP contribution in [-0.4, -0.2) is 29.7 Å². The molecule has 29 heavy (non-hydrogen) atoms. The summed E-state index contributed by atoms with van der Waals surface area (Å²) in [6, 6.07) is 17.0. The number of benzene rings is 2. The molecule has 2 amide bonds. The van der Waals surface area contributed by atoms with Gasteiger partial charge in [0.2, 0.25) is 11.8 Å². The van der Waals surface area contributed by atoms with Gasteiger partial charge < -0.3 is 15.4 Å². The van der Waals surface area contributed by atoms with E-state index in [0.29, 0.717) is 23.7 Å². The number of amides is 2. The van der Waals surface area contributed by atoms with Crippen LogP contribution < -0.4 is 15.4 Å². The molecule has 6 nitrogen and oxygen atoms in total. The number of ether oxygens (including phenoxy) is 1. The smallest absolute Gasteiger partial charge is 0.234 e. The predicted octanol–water partition coefficient (Wildman–Crippen LogP) is 3.74. The Bertz CT molecular complexity index is 961. The molecule has 0 fully saturated rings. The van der Waals surface area contributed by atoms with Crippen LogP contribution in [0, 0.1) is 0 Å². The van der Waals surface area contributed by atoms with E-state index in [1.807, 2.05) is 47.8 Å². The summed E-state index contributed by atoms with van der Waals surface area (Å²) in [4.78, 5) is 28.7. The summed E-state index contributed by atoms with van der Waals surface area (Å²) in [5.41, 5.74) is 2.44. The van der Waals surface area contributed by atoms with Crippen molar-refractivity contribution < 1.29 is 14.3 Å². The Morgan fingerprint density at radius 3 is 2.72 bits per heavy atom. The molecule has 0 radical (unpaired) electrons. The fourth-order valence-electron chi connectivity index (χ4n) is 2.48. The molecule has 0 aliphatic rings. The van der Waals surface area contributed by atoms with Gasteiger partial charge in [-0.2, -0.15) is 0 Å². The zero-order valence-corrected chi connectivity index (χ0v) is 17.5. The summed E-state index contributed by atoms with van der Waals surface area (Å²) in [6.45, 7) is 0.496. The summed E-state index contributed by atoms with van der Waals surface area (Å²) in [5.74, 6) is 0.724. The van der Waals surface area contributed by atoms with Crippen molar-refractivity contribution in [1.82, 2.24) is 10.3 Å². The van der Waals surface area contributed by atoms with E-state index in [9.17, 15) is 9.59 Å². The molecule has 0 aliphatic carbocycles. The van der Waals surface area contributed by atoms with Crippen molar-refractivity contribution in [1.29, 1.82) is 0 Å². The lowest BCUT2D eigenvalue weighted by atomic mass is 10.2. The van der Waals surface area contributed by atoms with Crippen LogP contribution in [-0.2, 0) is 22.6 Å². The lowest BCUT2D eigenvalue weighted by Gasteiger charge is -2.06. The first-order valence-electron chi connectivity index (χ1n) is 8.94. The predicted molar refractivity (Wildman–Crippen MR) is 116 cm³/mol. The number of nitrogens with one attached hydrogen (secondary N) is 2. The number of thiazole rings is 1. The normalized spacial score (nSPS) is 10.4. The van der Waals surface area contributed by atoms with Crippen LogP contribution >= 0.6 is 23.1 Å². The van der Waals surface area contributed by atoms with Crippen molar-refractivity contribution >= 4 is 40.6 Å². The topological polar surface area (TPSA) is 80.3 Å². The highest BCUT2D eigenvalue weighted by Gasteiger charge is 2.10. The molecule has 3 rings (SSSR count). The second-order valence-electron chi connectivity index (χ2n) is 6.11. The van der Waals surface area contributed by atoms with Crippen molar-refractivity contribution in [2.75, 3.05) is 18.2 Å². The molecule has 0 atom stereocenters.